The van der Waals surface area contributed by atoms with Gasteiger partial charge < -0.3 is 15.7 Å². The third kappa shape index (κ3) is 1.87. The van der Waals surface area contributed by atoms with Crippen molar-refractivity contribution in [2.45, 2.75) is 12.1 Å². The molecule has 2 bridgehead atoms. The fourth-order valence-corrected chi connectivity index (χ4v) is 2.18. The van der Waals surface area contributed by atoms with E-state index in [9.17, 15) is 14.7 Å². The number of nitrogens with two attached hydrogens (primary N) is 1. The molecule has 2 heterocycles. The first-order valence-electron chi connectivity index (χ1n) is 5.56. The first-order chi connectivity index (χ1) is 8.60. The van der Waals surface area contributed by atoms with Crippen LogP contribution in [-0.2, 0) is 9.63 Å². The quantitative estimate of drug-likeness (QED) is 0.614. The molecule has 2 rings (SSSR count). The lowest BCUT2D eigenvalue weighted by Gasteiger charge is -2.26. The van der Waals surface area contributed by atoms with E-state index < -0.39 is 18.0 Å². The van der Waals surface area contributed by atoms with Crippen LogP contribution in [0.15, 0.2) is 24.3 Å². The van der Waals surface area contributed by atoms with Crippen LogP contribution in [0.3, 0.4) is 0 Å². The Balaban J connectivity index is 2.29. The molecule has 7 nitrogen and oxygen atoms in total. The molecular weight excluding hydrogens is 238 g/mol. The highest BCUT2D eigenvalue weighted by atomic mass is 16.7. The van der Waals surface area contributed by atoms with E-state index in [1.165, 1.54) is 17.1 Å². The number of fused-ring (bicyclic) bond motifs is 2. The van der Waals surface area contributed by atoms with Crippen LogP contribution in [0.25, 0.3) is 0 Å². The first kappa shape index (κ1) is 12.6. The SMILES string of the molecule is C=CCON1C(=O)N2CC1C(C(N)=O)=CC2CO. The van der Waals surface area contributed by atoms with Gasteiger partial charge in [0.15, 0.2) is 0 Å². The second-order valence-corrected chi connectivity index (χ2v) is 4.10. The standard InChI is InChI=1S/C11H15N3O4/c1-2-3-18-14-9-5-13(11(14)17)7(6-15)4-8(9)10(12)16/h2,4,7,9,15H,1,3,5-6H2,(H2,12,16). The van der Waals surface area contributed by atoms with Crippen LogP contribution in [-0.4, -0.2) is 58.9 Å². The predicted octanol–water partition coefficient (Wildman–Crippen LogP) is -1.00. The molecule has 2 aliphatic heterocycles. The smallest absolute Gasteiger partial charge is 0.345 e. The number of aliphatic hydroxyl groups excluding tert-OH is 1. The Kier molecular flexibility index (Phi) is 3.35. The summed E-state index contributed by atoms with van der Waals surface area (Å²) in [6.45, 7) is 3.68. The maximum atomic E-state index is 12.0. The highest BCUT2D eigenvalue weighted by Crippen LogP contribution is 2.29. The maximum Gasteiger partial charge on any atom is 0.345 e. The van der Waals surface area contributed by atoms with Crippen molar-refractivity contribution >= 4 is 11.9 Å². The zero-order valence-electron chi connectivity index (χ0n) is 9.78. The van der Waals surface area contributed by atoms with E-state index in [-0.39, 0.29) is 25.8 Å². The second kappa shape index (κ2) is 4.79. The van der Waals surface area contributed by atoms with E-state index in [4.69, 9.17) is 10.6 Å². The molecule has 18 heavy (non-hydrogen) atoms. The van der Waals surface area contributed by atoms with Gasteiger partial charge in [-0.05, 0) is 6.08 Å². The zero-order chi connectivity index (χ0) is 13.3. The molecule has 3 N–H and O–H groups in total. The number of amides is 3. The number of rotatable bonds is 5. The molecule has 0 spiro atoms. The lowest BCUT2D eigenvalue weighted by atomic mass is 10.00. The molecule has 3 amide bonds. The van der Waals surface area contributed by atoms with Crippen molar-refractivity contribution in [3.63, 3.8) is 0 Å². The van der Waals surface area contributed by atoms with Crippen LogP contribution in [0.5, 0.6) is 0 Å². The third-order valence-corrected chi connectivity index (χ3v) is 3.02. The average Bonchev–Trinajstić information content (AvgIpc) is 2.62. The number of hydrogen-bond acceptors (Lipinski definition) is 4. The van der Waals surface area contributed by atoms with Crippen molar-refractivity contribution < 1.29 is 19.5 Å². The van der Waals surface area contributed by atoms with E-state index >= 15 is 0 Å². The summed E-state index contributed by atoms with van der Waals surface area (Å²) in [5.74, 6) is -0.611. The van der Waals surface area contributed by atoms with Crippen LogP contribution >= 0.6 is 0 Å². The molecule has 1 fully saturated rings. The zero-order valence-corrected chi connectivity index (χ0v) is 9.78. The van der Waals surface area contributed by atoms with E-state index in [0.29, 0.717) is 5.57 Å². The number of nitrogens with zero attached hydrogens (tertiary/aromatic N) is 2. The summed E-state index contributed by atoms with van der Waals surface area (Å²) in [6.07, 6.45) is 3.02. The van der Waals surface area contributed by atoms with Crippen LogP contribution < -0.4 is 5.73 Å². The van der Waals surface area contributed by atoms with Gasteiger partial charge in [0.2, 0.25) is 5.91 Å². The van der Waals surface area contributed by atoms with E-state index in [0.717, 1.165) is 5.06 Å². The van der Waals surface area contributed by atoms with E-state index in [1.807, 2.05) is 0 Å². The van der Waals surface area contributed by atoms with Crippen molar-refractivity contribution in [3.05, 3.63) is 24.3 Å². The highest BCUT2D eigenvalue weighted by molar-refractivity contribution is 5.96. The Labute approximate surface area is 104 Å². The molecular formula is C11H15N3O4. The summed E-state index contributed by atoms with van der Waals surface area (Å²) in [5.41, 5.74) is 5.58. The summed E-state index contributed by atoms with van der Waals surface area (Å²) in [5, 5.41) is 10.3. The number of carbonyl (C=O) groups excluding carboxylic acids is 2. The van der Waals surface area contributed by atoms with Crippen LogP contribution in [0.4, 0.5) is 4.79 Å². The number of hydroxylamine groups is 2. The Morgan fingerprint density at radius 3 is 3.00 bits per heavy atom. The van der Waals surface area contributed by atoms with Crippen molar-refractivity contribution in [1.29, 1.82) is 0 Å². The van der Waals surface area contributed by atoms with Crippen molar-refractivity contribution in [1.82, 2.24) is 9.96 Å². The molecule has 0 aliphatic carbocycles. The molecule has 0 aromatic heterocycles. The fourth-order valence-electron chi connectivity index (χ4n) is 2.18. The molecule has 0 radical (unpaired) electrons. The van der Waals surface area contributed by atoms with Gasteiger partial charge in [-0.3, -0.25) is 9.63 Å². The number of hydrogen-bond donors (Lipinski definition) is 2. The first-order valence-corrected chi connectivity index (χ1v) is 5.56. The van der Waals surface area contributed by atoms with Gasteiger partial charge in [0, 0.05) is 5.57 Å². The largest absolute Gasteiger partial charge is 0.394 e. The minimum atomic E-state index is -0.611. The molecule has 2 atom stereocenters. The molecule has 2 unspecified atom stereocenters. The maximum absolute atomic E-state index is 12.0. The fraction of sp³-hybridized carbons (Fsp3) is 0.455. The number of primary amides is 1. The Morgan fingerprint density at radius 1 is 1.72 bits per heavy atom. The summed E-state index contributed by atoms with van der Waals surface area (Å²) in [6, 6.07) is -1.43. The molecule has 0 saturated carbocycles. The van der Waals surface area contributed by atoms with Crippen molar-refractivity contribution in [2.75, 3.05) is 19.8 Å². The molecule has 98 valence electrons. The van der Waals surface area contributed by atoms with Gasteiger partial charge in [0.05, 0.1) is 25.8 Å². The lowest BCUT2D eigenvalue weighted by Crippen LogP contribution is -2.42. The van der Waals surface area contributed by atoms with Crippen molar-refractivity contribution in [2.24, 2.45) is 5.73 Å². The van der Waals surface area contributed by atoms with E-state index in [2.05, 4.69) is 6.58 Å². The molecule has 0 aromatic rings. The highest BCUT2D eigenvalue weighted by Gasteiger charge is 2.47. The van der Waals surface area contributed by atoms with Crippen molar-refractivity contribution in [3.8, 4) is 0 Å². The molecule has 2 aliphatic rings. The Morgan fingerprint density at radius 2 is 2.44 bits per heavy atom. The minimum absolute atomic E-state index is 0.159. The van der Waals surface area contributed by atoms with Gasteiger partial charge in [0.25, 0.3) is 0 Å². The minimum Gasteiger partial charge on any atom is -0.394 e. The summed E-state index contributed by atoms with van der Waals surface area (Å²) < 4.78 is 0. The van der Waals surface area contributed by atoms with Gasteiger partial charge in [-0.1, -0.05) is 6.08 Å². The summed E-state index contributed by atoms with van der Waals surface area (Å²) >= 11 is 0. The van der Waals surface area contributed by atoms with Gasteiger partial charge in [-0.25, -0.2) is 4.79 Å². The summed E-state index contributed by atoms with van der Waals surface area (Å²) in [4.78, 5) is 30.1. The van der Waals surface area contributed by atoms with Crippen LogP contribution in [0, 0.1) is 0 Å². The second-order valence-electron chi connectivity index (χ2n) is 4.10. The number of urea groups is 1. The predicted molar refractivity (Wildman–Crippen MR) is 62.0 cm³/mol. The lowest BCUT2D eigenvalue weighted by molar-refractivity contribution is -0.123. The molecule has 0 aromatic carbocycles. The van der Waals surface area contributed by atoms with Gasteiger partial charge in [0.1, 0.15) is 6.04 Å². The Hall–Kier alpha value is -1.86. The average molecular weight is 253 g/mol. The number of carbonyl (C=O) groups is 2. The summed E-state index contributed by atoms with van der Waals surface area (Å²) in [7, 11) is 0. The van der Waals surface area contributed by atoms with Crippen LogP contribution in [0.2, 0.25) is 0 Å². The van der Waals surface area contributed by atoms with Crippen LogP contribution in [0.1, 0.15) is 0 Å². The van der Waals surface area contributed by atoms with Gasteiger partial charge >= 0.3 is 6.03 Å². The topological polar surface area (TPSA) is 96.1 Å². The normalized spacial score (nSPS) is 26.3. The van der Waals surface area contributed by atoms with Gasteiger partial charge in [-0.15, -0.1) is 6.58 Å². The van der Waals surface area contributed by atoms with Gasteiger partial charge in [-0.2, -0.15) is 5.06 Å². The molecule has 1 saturated heterocycles. The van der Waals surface area contributed by atoms with E-state index in [1.54, 1.807) is 0 Å². The molecule has 7 heteroatoms. The monoisotopic (exact) mass is 253 g/mol. The Bertz CT molecular complexity index is 421. The third-order valence-electron chi connectivity index (χ3n) is 3.02. The number of aliphatic hydroxyl groups is 1.